The maximum atomic E-state index is 12.1. The number of carbonyl (C=O) groups excluding carboxylic acids is 1. The molecule has 0 radical (unpaired) electrons. The Bertz CT molecular complexity index is 510. The molecule has 1 N–H and O–H groups in total. The summed E-state index contributed by atoms with van der Waals surface area (Å²) in [6.07, 6.45) is -2.96. The van der Waals surface area contributed by atoms with Gasteiger partial charge in [-0.15, -0.1) is 0 Å². The fourth-order valence-corrected chi connectivity index (χ4v) is 2.05. The molecule has 0 saturated heterocycles. The van der Waals surface area contributed by atoms with Crippen molar-refractivity contribution in [3.8, 4) is 0 Å². The molecule has 1 rings (SSSR count). The molecular formula is C14H15BrF3NO. The third-order valence-corrected chi connectivity index (χ3v) is 3.04. The van der Waals surface area contributed by atoms with E-state index < -0.39 is 12.6 Å². The number of halogens is 4. The summed E-state index contributed by atoms with van der Waals surface area (Å²) in [7, 11) is 0. The van der Waals surface area contributed by atoms with Gasteiger partial charge in [-0.25, -0.2) is 0 Å². The second-order valence-electron chi connectivity index (χ2n) is 4.55. The zero-order valence-electron chi connectivity index (χ0n) is 11.1. The molecule has 0 fully saturated rings. The van der Waals surface area contributed by atoms with Crippen molar-refractivity contribution in [3.63, 3.8) is 0 Å². The molecule has 110 valence electrons. The fourth-order valence-electron chi connectivity index (χ4n) is 1.55. The molecule has 1 aromatic carbocycles. The van der Waals surface area contributed by atoms with Crippen molar-refractivity contribution >= 4 is 27.9 Å². The number of allylic oxidation sites excluding steroid dienone is 1. The Kier molecular flexibility index (Phi) is 5.80. The molecule has 0 atom stereocenters. The lowest BCUT2D eigenvalue weighted by molar-refractivity contribution is -0.124. The first-order valence-electron chi connectivity index (χ1n) is 6.03. The molecule has 0 heterocycles. The van der Waals surface area contributed by atoms with Gasteiger partial charge in [-0.1, -0.05) is 34.1 Å². The van der Waals surface area contributed by atoms with Crippen LogP contribution in [0.1, 0.15) is 36.2 Å². The zero-order valence-corrected chi connectivity index (χ0v) is 12.7. The largest absolute Gasteiger partial charge is 0.392 e. The smallest absolute Gasteiger partial charge is 0.350 e. The molecule has 2 nitrogen and oxygen atoms in total. The summed E-state index contributed by atoms with van der Waals surface area (Å²) in [5, 5.41) is 2.72. The average molecular weight is 350 g/mol. The van der Waals surface area contributed by atoms with Crippen LogP contribution in [0.3, 0.4) is 0 Å². The van der Waals surface area contributed by atoms with Crippen molar-refractivity contribution < 1.29 is 18.0 Å². The third kappa shape index (κ3) is 5.36. The summed E-state index contributed by atoms with van der Waals surface area (Å²) in [6.45, 7) is 3.63. The van der Waals surface area contributed by atoms with Gasteiger partial charge in [0, 0.05) is 21.6 Å². The number of benzene rings is 1. The molecule has 0 bridgehead atoms. The molecule has 6 heteroatoms. The monoisotopic (exact) mass is 349 g/mol. The quantitative estimate of drug-likeness (QED) is 0.848. The van der Waals surface area contributed by atoms with Crippen LogP contribution < -0.4 is 5.32 Å². The van der Waals surface area contributed by atoms with Crippen LogP contribution in [-0.4, -0.2) is 18.1 Å². The molecule has 0 aliphatic heterocycles. The number of hydrogen-bond donors (Lipinski definition) is 1. The molecule has 0 aliphatic carbocycles. The lowest BCUT2D eigenvalue weighted by Crippen LogP contribution is -2.30. The van der Waals surface area contributed by atoms with Gasteiger partial charge in [0.1, 0.15) is 0 Å². The Hall–Kier alpha value is -1.30. The number of rotatable bonds is 4. The zero-order chi connectivity index (χ0) is 15.3. The van der Waals surface area contributed by atoms with E-state index in [1.54, 1.807) is 18.2 Å². The molecule has 1 amide bonds. The highest BCUT2D eigenvalue weighted by molar-refractivity contribution is 9.10. The third-order valence-electron chi connectivity index (χ3n) is 2.35. The van der Waals surface area contributed by atoms with Gasteiger partial charge in [0.2, 0.25) is 0 Å². The van der Waals surface area contributed by atoms with E-state index >= 15 is 0 Å². The van der Waals surface area contributed by atoms with Crippen molar-refractivity contribution in [2.45, 2.75) is 32.5 Å². The number of nitrogens with one attached hydrogen (secondary N) is 1. The van der Waals surface area contributed by atoms with Gasteiger partial charge in [0.05, 0.1) is 6.42 Å². The highest BCUT2D eigenvalue weighted by atomic mass is 79.9. The molecule has 0 unspecified atom stereocenters. The van der Waals surface area contributed by atoms with Gasteiger partial charge in [-0.2, -0.15) is 13.2 Å². The van der Waals surface area contributed by atoms with Gasteiger partial charge < -0.3 is 5.32 Å². The number of alkyl halides is 3. The normalized spacial score (nSPS) is 12.2. The number of amides is 1. The van der Waals surface area contributed by atoms with Gasteiger partial charge in [-0.3, -0.25) is 4.79 Å². The van der Waals surface area contributed by atoms with Crippen LogP contribution in [0, 0.1) is 0 Å². The van der Waals surface area contributed by atoms with E-state index in [0.717, 1.165) is 6.08 Å². The van der Waals surface area contributed by atoms with E-state index in [1.165, 1.54) is 6.08 Å². The first kappa shape index (κ1) is 16.8. The predicted octanol–water partition coefficient (Wildman–Crippen LogP) is 4.55. The second kappa shape index (κ2) is 6.92. The van der Waals surface area contributed by atoms with E-state index in [1.807, 2.05) is 13.8 Å². The van der Waals surface area contributed by atoms with Gasteiger partial charge in [-0.05, 0) is 26.0 Å². The summed E-state index contributed by atoms with van der Waals surface area (Å²) in [6, 6.07) is 4.88. The molecular weight excluding hydrogens is 335 g/mol. The summed E-state index contributed by atoms with van der Waals surface area (Å²) in [4.78, 5) is 12.0. The Morgan fingerprint density at radius 1 is 1.40 bits per heavy atom. The molecule has 20 heavy (non-hydrogen) atoms. The fraction of sp³-hybridized carbons (Fsp3) is 0.357. The van der Waals surface area contributed by atoms with E-state index in [4.69, 9.17) is 0 Å². The predicted molar refractivity (Wildman–Crippen MR) is 76.5 cm³/mol. The van der Waals surface area contributed by atoms with Crippen LogP contribution >= 0.6 is 15.9 Å². The van der Waals surface area contributed by atoms with Crippen LogP contribution in [0.15, 0.2) is 28.7 Å². The molecule has 0 aliphatic rings. The summed E-state index contributed by atoms with van der Waals surface area (Å²) in [5.41, 5.74) is 0.779. The Morgan fingerprint density at radius 2 is 2.05 bits per heavy atom. The van der Waals surface area contributed by atoms with Crippen molar-refractivity contribution in [3.05, 3.63) is 39.9 Å². The van der Waals surface area contributed by atoms with Crippen molar-refractivity contribution in [1.82, 2.24) is 5.32 Å². The maximum Gasteiger partial charge on any atom is 0.392 e. The average Bonchev–Trinajstić information content (AvgIpc) is 2.28. The van der Waals surface area contributed by atoms with Gasteiger partial charge in [0.25, 0.3) is 5.91 Å². The molecule has 1 aromatic rings. The van der Waals surface area contributed by atoms with Crippen molar-refractivity contribution in [1.29, 1.82) is 0 Å². The standard InChI is InChI=1S/C14H15BrF3NO/c1-9(2)19-13(20)11-5-3-7-12(15)10(11)6-4-8-14(16,17)18/h3-7,9H,8H2,1-2H3,(H,19,20)/b6-4+. The van der Waals surface area contributed by atoms with E-state index in [0.29, 0.717) is 15.6 Å². The molecule has 0 aromatic heterocycles. The minimum absolute atomic E-state index is 0.0477. The van der Waals surface area contributed by atoms with Crippen LogP contribution in [-0.2, 0) is 0 Å². The van der Waals surface area contributed by atoms with E-state index in [2.05, 4.69) is 21.2 Å². The lowest BCUT2D eigenvalue weighted by Gasteiger charge is -2.11. The lowest BCUT2D eigenvalue weighted by atomic mass is 10.1. The highest BCUT2D eigenvalue weighted by Crippen LogP contribution is 2.25. The van der Waals surface area contributed by atoms with Crippen LogP contribution in [0.4, 0.5) is 13.2 Å². The van der Waals surface area contributed by atoms with Crippen LogP contribution in [0.25, 0.3) is 6.08 Å². The number of carbonyl (C=O) groups is 1. The minimum atomic E-state index is -4.25. The topological polar surface area (TPSA) is 29.1 Å². The molecule has 0 saturated carbocycles. The molecule has 0 spiro atoms. The summed E-state index contributed by atoms with van der Waals surface area (Å²) in [5.74, 6) is -0.312. The van der Waals surface area contributed by atoms with Gasteiger partial charge >= 0.3 is 6.18 Å². The van der Waals surface area contributed by atoms with Crippen LogP contribution in [0.2, 0.25) is 0 Å². The summed E-state index contributed by atoms with van der Waals surface area (Å²) < 4.78 is 37.0. The first-order valence-corrected chi connectivity index (χ1v) is 6.82. The van der Waals surface area contributed by atoms with Gasteiger partial charge in [0.15, 0.2) is 0 Å². The minimum Gasteiger partial charge on any atom is -0.350 e. The Labute approximate surface area is 124 Å². The summed E-state index contributed by atoms with van der Waals surface area (Å²) >= 11 is 3.25. The maximum absolute atomic E-state index is 12.1. The number of hydrogen-bond acceptors (Lipinski definition) is 1. The Morgan fingerprint density at radius 3 is 2.60 bits per heavy atom. The van der Waals surface area contributed by atoms with E-state index in [9.17, 15) is 18.0 Å². The first-order chi connectivity index (χ1) is 9.20. The van der Waals surface area contributed by atoms with E-state index in [-0.39, 0.29) is 11.9 Å². The SMILES string of the molecule is CC(C)NC(=O)c1cccc(Br)c1/C=C/CC(F)(F)F. The Balaban J connectivity index is 3.03. The highest BCUT2D eigenvalue weighted by Gasteiger charge is 2.24. The van der Waals surface area contributed by atoms with Crippen molar-refractivity contribution in [2.24, 2.45) is 0 Å². The second-order valence-corrected chi connectivity index (χ2v) is 5.41. The van der Waals surface area contributed by atoms with Crippen molar-refractivity contribution in [2.75, 3.05) is 0 Å². The van der Waals surface area contributed by atoms with Crippen LogP contribution in [0.5, 0.6) is 0 Å².